The summed E-state index contributed by atoms with van der Waals surface area (Å²) in [6, 6.07) is 2.92. The maximum atomic E-state index is 3.57. The summed E-state index contributed by atoms with van der Waals surface area (Å²) in [7, 11) is 2.26. The van der Waals surface area contributed by atoms with Crippen LogP contribution in [0.25, 0.3) is 0 Å². The first kappa shape index (κ1) is 13.5. The van der Waals surface area contributed by atoms with Gasteiger partial charge in [0.05, 0.1) is 0 Å². The molecule has 2 nitrogen and oxygen atoms in total. The molecule has 0 saturated carbocycles. The minimum Gasteiger partial charge on any atom is -0.312 e. The van der Waals surface area contributed by atoms with E-state index in [2.05, 4.69) is 44.6 Å². The van der Waals surface area contributed by atoms with E-state index in [1.807, 2.05) is 11.3 Å². The van der Waals surface area contributed by atoms with E-state index in [0.29, 0.717) is 0 Å². The molecule has 1 unspecified atom stereocenters. The molecular weight excluding hydrogens is 296 g/mol. The van der Waals surface area contributed by atoms with E-state index in [4.69, 9.17) is 0 Å². The predicted octanol–water partition coefficient (Wildman–Crippen LogP) is 3.47. The normalized spacial score (nSPS) is 21.9. The Morgan fingerprint density at radius 3 is 3.12 bits per heavy atom. The molecule has 1 fully saturated rings. The van der Waals surface area contributed by atoms with Gasteiger partial charge in [0.2, 0.25) is 0 Å². The highest BCUT2D eigenvalue weighted by molar-refractivity contribution is 9.10. The van der Waals surface area contributed by atoms with Gasteiger partial charge in [0.15, 0.2) is 0 Å². The molecule has 1 N–H and O–H groups in total. The van der Waals surface area contributed by atoms with Gasteiger partial charge in [-0.2, -0.15) is 0 Å². The molecule has 4 heteroatoms. The van der Waals surface area contributed by atoms with E-state index in [0.717, 1.165) is 19.1 Å². The van der Waals surface area contributed by atoms with Crippen molar-refractivity contribution in [2.75, 3.05) is 20.1 Å². The van der Waals surface area contributed by atoms with Crippen molar-refractivity contribution in [3.8, 4) is 0 Å². The molecule has 0 amide bonds. The van der Waals surface area contributed by atoms with Crippen LogP contribution < -0.4 is 5.32 Å². The largest absolute Gasteiger partial charge is 0.312 e. The maximum absolute atomic E-state index is 3.57. The summed E-state index contributed by atoms with van der Waals surface area (Å²) in [5.74, 6) is 0. The van der Waals surface area contributed by atoms with Gasteiger partial charge in [-0.1, -0.05) is 6.42 Å². The third kappa shape index (κ3) is 4.05. The lowest BCUT2D eigenvalue weighted by atomic mass is 10.0. The van der Waals surface area contributed by atoms with Gasteiger partial charge in [0, 0.05) is 21.9 Å². The van der Waals surface area contributed by atoms with Gasteiger partial charge in [-0.3, -0.25) is 0 Å². The zero-order chi connectivity index (χ0) is 12.1. The summed E-state index contributed by atoms with van der Waals surface area (Å²) in [6.45, 7) is 3.40. The zero-order valence-corrected chi connectivity index (χ0v) is 12.8. The second kappa shape index (κ2) is 6.88. The van der Waals surface area contributed by atoms with Gasteiger partial charge in [-0.15, -0.1) is 11.3 Å². The van der Waals surface area contributed by atoms with Crippen molar-refractivity contribution in [3.05, 3.63) is 20.8 Å². The fourth-order valence-electron chi connectivity index (χ4n) is 2.43. The molecule has 1 aliphatic rings. The van der Waals surface area contributed by atoms with Crippen molar-refractivity contribution in [1.29, 1.82) is 0 Å². The van der Waals surface area contributed by atoms with Crippen LogP contribution in [0.15, 0.2) is 15.9 Å². The molecule has 2 rings (SSSR count). The Balaban J connectivity index is 1.64. The van der Waals surface area contributed by atoms with Crippen molar-refractivity contribution in [2.24, 2.45) is 0 Å². The number of likely N-dealkylation sites (tertiary alicyclic amines) is 1. The van der Waals surface area contributed by atoms with Gasteiger partial charge in [-0.05, 0) is 66.8 Å². The second-order valence-electron chi connectivity index (χ2n) is 4.79. The Hall–Kier alpha value is 0.100. The van der Waals surface area contributed by atoms with Crippen LogP contribution in [0.5, 0.6) is 0 Å². The first-order valence-electron chi connectivity index (χ1n) is 6.40. The molecule has 1 atom stereocenters. The van der Waals surface area contributed by atoms with Crippen molar-refractivity contribution >= 4 is 27.3 Å². The Bertz CT molecular complexity index is 340. The summed E-state index contributed by atoms with van der Waals surface area (Å²) >= 11 is 5.38. The molecule has 0 radical (unpaired) electrons. The Morgan fingerprint density at radius 1 is 1.53 bits per heavy atom. The molecule has 0 aromatic carbocycles. The topological polar surface area (TPSA) is 15.3 Å². The highest BCUT2D eigenvalue weighted by Gasteiger charge is 2.17. The number of thiophene rings is 1. The molecule has 96 valence electrons. The lowest BCUT2D eigenvalue weighted by Crippen LogP contribution is -2.38. The number of nitrogens with one attached hydrogen (secondary N) is 1. The third-order valence-electron chi connectivity index (χ3n) is 3.55. The predicted molar refractivity (Wildman–Crippen MR) is 78.6 cm³/mol. The van der Waals surface area contributed by atoms with Crippen LogP contribution in [0.2, 0.25) is 0 Å². The monoisotopic (exact) mass is 316 g/mol. The molecular formula is C13H21BrN2S. The Labute approximate surface area is 117 Å². The quantitative estimate of drug-likeness (QED) is 0.837. The summed E-state index contributed by atoms with van der Waals surface area (Å²) in [4.78, 5) is 3.92. The Kier molecular flexibility index (Phi) is 5.48. The second-order valence-corrected chi connectivity index (χ2v) is 6.64. The Morgan fingerprint density at radius 2 is 2.41 bits per heavy atom. The summed E-state index contributed by atoms with van der Waals surface area (Å²) in [5, 5.41) is 5.69. The van der Waals surface area contributed by atoms with Gasteiger partial charge < -0.3 is 10.2 Å². The van der Waals surface area contributed by atoms with Gasteiger partial charge in [-0.25, -0.2) is 0 Å². The van der Waals surface area contributed by atoms with Gasteiger partial charge in [0.1, 0.15) is 0 Å². The molecule has 17 heavy (non-hydrogen) atoms. The average Bonchev–Trinajstić information content (AvgIpc) is 2.73. The SMILES string of the molecule is CN1CCCCC1CCNCc1sccc1Br. The molecule has 0 bridgehead atoms. The maximum Gasteiger partial charge on any atom is 0.0327 e. The molecule has 0 spiro atoms. The van der Waals surface area contributed by atoms with Crippen LogP contribution >= 0.6 is 27.3 Å². The molecule has 0 aliphatic carbocycles. The van der Waals surface area contributed by atoms with Crippen molar-refractivity contribution < 1.29 is 0 Å². The van der Waals surface area contributed by atoms with Crippen LogP contribution in [0, 0.1) is 0 Å². The summed E-state index contributed by atoms with van der Waals surface area (Å²) in [6.07, 6.45) is 5.44. The lowest BCUT2D eigenvalue weighted by molar-refractivity contribution is 0.175. The van der Waals surface area contributed by atoms with Gasteiger partial charge in [0.25, 0.3) is 0 Å². The number of piperidine rings is 1. The zero-order valence-electron chi connectivity index (χ0n) is 10.4. The van der Waals surface area contributed by atoms with E-state index in [1.165, 1.54) is 41.6 Å². The molecule has 2 heterocycles. The highest BCUT2D eigenvalue weighted by Crippen LogP contribution is 2.22. The van der Waals surface area contributed by atoms with Crippen LogP contribution in [-0.2, 0) is 6.54 Å². The highest BCUT2D eigenvalue weighted by atomic mass is 79.9. The van der Waals surface area contributed by atoms with Crippen LogP contribution in [0.4, 0.5) is 0 Å². The number of hydrogen-bond donors (Lipinski definition) is 1. The van der Waals surface area contributed by atoms with Crippen LogP contribution in [0.3, 0.4) is 0 Å². The van der Waals surface area contributed by atoms with E-state index in [1.54, 1.807) is 0 Å². The fraction of sp³-hybridized carbons (Fsp3) is 0.692. The molecule has 1 saturated heterocycles. The van der Waals surface area contributed by atoms with E-state index >= 15 is 0 Å². The minimum absolute atomic E-state index is 0.794. The summed E-state index contributed by atoms with van der Waals surface area (Å²) < 4.78 is 1.24. The molecule has 1 aromatic rings. The number of hydrogen-bond acceptors (Lipinski definition) is 3. The first-order valence-corrected chi connectivity index (χ1v) is 8.07. The number of rotatable bonds is 5. The van der Waals surface area contributed by atoms with Crippen molar-refractivity contribution in [3.63, 3.8) is 0 Å². The third-order valence-corrected chi connectivity index (χ3v) is 5.48. The summed E-state index contributed by atoms with van der Waals surface area (Å²) in [5.41, 5.74) is 0. The number of nitrogens with zero attached hydrogens (tertiary/aromatic N) is 1. The van der Waals surface area contributed by atoms with Crippen molar-refractivity contribution in [2.45, 2.75) is 38.3 Å². The van der Waals surface area contributed by atoms with Crippen LogP contribution in [-0.4, -0.2) is 31.1 Å². The van der Waals surface area contributed by atoms with E-state index in [-0.39, 0.29) is 0 Å². The fourth-order valence-corrected chi connectivity index (χ4v) is 3.89. The average molecular weight is 317 g/mol. The molecule has 1 aliphatic heterocycles. The van der Waals surface area contributed by atoms with Crippen molar-refractivity contribution in [1.82, 2.24) is 10.2 Å². The number of halogens is 1. The van der Waals surface area contributed by atoms with E-state index in [9.17, 15) is 0 Å². The van der Waals surface area contributed by atoms with Crippen LogP contribution in [0.1, 0.15) is 30.6 Å². The molecule has 1 aromatic heterocycles. The standard InChI is InChI=1S/C13H21BrN2S/c1-16-8-3-2-4-11(16)5-7-15-10-13-12(14)6-9-17-13/h6,9,11,15H,2-5,7-8,10H2,1H3. The minimum atomic E-state index is 0.794. The van der Waals surface area contributed by atoms with E-state index < -0.39 is 0 Å². The van der Waals surface area contributed by atoms with Gasteiger partial charge >= 0.3 is 0 Å². The smallest absolute Gasteiger partial charge is 0.0327 e. The first-order chi connectivity index (χ1) is 8.27. The lowest BCUT2D eigenvalue weighted by Gasteiger charge is -2.32.